The van der Waals surface area contributed by atoms with Crippen LogP contribution in [0.5, 0.6) is 0 Å². The fraction of sp³-hybridized carbons (Fsp3) is 0.636. The number of thiophene rings is 1. The molecule has 0 amide bonds. The van der Waals surface area contributed by atoms with Gasteiger partial charge in [-0.25, -0.2) is 0 Å². The molecule has 6 heteroatoms. The summed E-state index contributed by atoms with van der Waals surface area (Å²) in [5, 5.41) is 3.16. The van der Waals surface area contributed by atoms with E-state index in [1.54, 1.807) is 6.07 Å². The third-order valence-electron chi connectivity index (χ3n) is 2.20. The van der Waals surface area contributed by atoms with Crippen LogP contribution in [0.4, 0.5) is 13.2 Å². The van der Waals surface area contributed by atoms with Gasteiger partial charge in [0.05, 0.1) is 6.61 Å². The van der Waals surface area contributed by atoms with Crippen molar-refractivity contribution in [2.24, 2.45) is 0 Å². The molecule has 1 aromatic heterocycles. The number of halogens is 3. The lowest BCUT2D eigenvalue weighted by Crippen LogP contribution is -2.28. The van der Waals surface area contributed by atoms with Gasteiger partial charge >= 0.3 is 6.18 Å². The highest BCUT2D eigenvalue weighted by Crippen LogP contribution is 2.24. The number of hydrogen-bond acceptors (Lipinski definition) is 3. The minimum absolute atomic E-state index is 0.0114. The Hall–Kier alpha value is -0.590. The van der Waals surface area contributed by atoms with Gasteiger partial charge in [0.2, 0.25) is 0 Å². The largest absolute Gasteiger partial charge is 0.414 e. The molecule has 0 bridgehead atoms. The molecule has 0 aliphatic heterocycles. The van der Waals surface area contributed by atoms with E-state index in [9.17, 15) is 13.2 Å². The van der Waals surface area contributed by atoms with Gasteiger partial charge < -0.3 is 10.1 Å². The van der Waals surface area contributed by atoms with Crippen molar-refractivity contribution >= 4 is 11.3 Å². The summed E-state index contributed by atoms with van der Waals surface area (Å²) in [6.45, 7) is 4.65. The smallest absolute Gasteiger partial charge is 0.364 e. The monoisotopic (exact) mass is 267 g/mol. The van der Waals surface area contributed by atoms with Crippen LogP contribution < -0.4 is 5.32 Å². The molecule has 98 valence electrons. The van der Waals surface area contributed by atoms with Crippen molar-refractivity contribution in [1.82, 2.24) is 5.32 Å². The Morgan fingerprint density at radius 2 is 2.00 bits per heavy atom. The Kier molecular flexibility index (Phi) is 5.42. The number of hydrogen-bond donors (Lipinski definition) is 1. The molecule has 1 rings (SSSR count). The molecular formula is C11H16F3NOS. The van der Waals surface area contributed by atoms with Gasteiger partial charge in [-0.15, -0.1) is 11.3 Å². The molecule has 17 heavy (non-hydrogen) atoms. The average molecular weight is 267 g/mol. The lowest BCUT2D eigenvalue weighted by atomic mass is 10.4. The fourth-order valence-corrected chi connectivity index (χ4v) is 2.05. The molecule has 1 aromatic rings. The van der Waals surface area contributed by atoms with Crippen molar-refractivity contribution in [3.63, 3.8) is 0 Å². The second-order valence-corrected chi connectivity index (χ2v) is 4.90. The summed E-state index contributed by atoms with van der Waals surface area (Å²) in [5.41, 5.74) is 0. The van der Waals surface area contributed by atoms with Gasteiger partial charge in [-0.1, -0.05) is 6.92 Å². The highest BCUT2D eigenvalue weighted by atomic mass is 32.1. The normalized spacial score (nSPS) is 13.9. The lowest BCUT2D eigenvalue weighted by Gasteiger charge is -2.15. The van der Waals surface area contributed by atoms with E-state index < -0.39 is 12.3 Å². The van der Waals surface area contributed by atoms with E-state index in [-0.39, 0.29) is 6.61 Å². The van der Waals surface area contributed by atoms with Crippen molar-refractivity contribution < 1.29 is 17.9 Å². The van der Waals surface area contributed by atoms with Gasteiger partial charge in [0.25, 0.3) is 0 Å². The van der Waals surface area contributed by atoms with Crippen LogP contribution in [-0.4, -0.2) is 18.8 Å². The maximum atomic E-state index is 12.2. The van der Waals surface area contributed by atoms with Crippen molar-refractivity contribution in [1.29, 1.82) is 0 Å². The lowest BCUT2D eigenvalue weighted by molar-refractivity contribution is -0.217. The molecule has 0 radical (unpaired) electrons. The van der Waals surface area contributed by atoms with Crippen LogP contribution in [0, 0.1) is 0 Å². The van der Waals surface area contributed by atoms with Crippen molar-refractivity contribution in [3.05, 3.63) is 21.9 Å². The van der Waals surface area contributed by atoms with Crippen molar-refractivity contribution in [3.8, 4) is 0 Å². The molecule has 1 N–H and O–H groups in total. The van der Waals surface area contributed by atoms with Crippen LogP contribution in [0.25, 0.3) is 0 Å². The summed E-state index contributed by atoms with van der Waals surface area (Å²) < 4.78 is 41.4. The Bertz CT molecular complexity index is 338. The zero-order chi connectivity index (χ0) is 12.9. The molecular weight excluding hydrogens is 251 g/mol. The Labute approximate surface area is 103 Å². The molecule has 2 nitrogen and oxygen atoms in total. The van der Waals surface area contributed by atoms with E-state index in [1.807, 2.05) is 13.0 Å². The van der Waals surface area contributed by atoms with Crippen molar-refractivity contribution in [2.75, 3.05) is 6.54 Å². The molecule has 0 aliphatic carbocycles. The van der Waals surface area contributed by atoms with Crippen LogP contribution in [0.1, 0.15) is 23.6 Å². The fourth-order valence-electron chi connectivity index (χ4n) is 1.14. The predicted octanol–water partition coefficient (Wildman–Crippen LogP) is 3.33. The van der Waals surface area contributed by atoms with Gasteiger partial charge in [0.1, 0.15) is 0 Å². The summed E-state index contributed by atoms with van der Waals surface area (Å²) >= 11 is 1.47. The Morgan fingerprint density at radius 3 is 2.59 bits per heavy atom. The van der Waals surface area contributed by atoms with E-state index in [0.29, 0.717) is 0 Å². The summed E-state index contributed by atoms with van der Waals surface area (Å²) in [5.74, 6) is 0. The standard InChI is InChI=1S/C11H16F3NOS/c1-3-15-6-9-4-5-10(17-9)7-16-8(2)11(12,13)14/h4-5,8,15H,3,6-7H2,1-2H3. The van der Waals surface area contributed by atoms with Crippen LogP contribution in [0.3, 0.4) is 0 Å². The first-order valence-corrected chi connectivity index (χ1v) is 6.21. The molecule has 1 unspecified atom stereocenters. The highest BCUT2D eigenvalue weighted by molar-refractivity contribution is 7.11. The third kappa shape index (κ3) is 5.06. The van der Waals surface area contributed by atoms with E-state index in [0.717, 1.165) is 29.8 Å². The maximum absolute atomic E-state index is 12.2. The van der Waals surface area contributed by atoms with E-state index in [1.165, 1.54) is 11.3 Å². The summed E-state index contributed by atoms with van der Waals surface area (Å²) in [4.78, 5) is 1.92. The molecule has 0 saturated heterocycles. The van der Waals surface area contributed by atoms with E-state index in [2.05, 4.69) is 5.32 Å². The summed E-state index contributed by atoms with van der Waals surface area (Å²) in [6.07, 6.45) is -6.01. The molecule has 1 atom stereocenters. The Morgan fingerprint density at radius 1 is 1.35 bits per heavy atom. The van der Waals surface area contributed by atoms with Gasteiger partial charge in [-0.3, -0.25) is 0 Å². The van der Waals surface area contributed by atoms with Crippen LogP contribution in [0.2, 0.25) is 0 Å². The van der Waals surface area contributed by atoms with E-state index in [4.69, 9.17) is 4.74 Å². The Balaban J connectivity index is 2.39. The molecule has 0 spiro atoms. The van der Waals surface area contributed by atoms with Crippen LogP contribution >= 0.6 is 11.3 Å². The van der Waals surface area contributed by atoms with E-state index >= 15 is 0 Å². The molecule has 0 aromatic carbocycles. The van der Waals surface area contributed by atoms with Crippen molar-refractivity contribution in [2.45, 2.75) is 39.3 Å². The highest BCUT2D eigenvalue weighted by Gasteiger charge is 2.36. The van der Waals surface area contributed by atoms with Crippen LogP contribution in [-0.2, 0) is 17.9 Å². The molecule has 1 heterocycles. The zero-order valence-electron chi connectivity index (χ0n) is 9.80. The zero-order valence-corrected chi connectivity index (χ0v) is 10.6. The first-order chi connectivity index (χ1) is 7.93. The quantitative estimate of drug-likeness (QED) is 0.853. The first kappa shape index (κ1) is 14.5. The maximum Gasteiger partial charge on any atom is 0.414 e. The van der Waals surface area contributed by atoms with Gasteiger partial charge in [0.15, 0.2) is 6.10 Å². The summed E-state index contributed by atoms with van der Waals surface area (Å²) in [7, 11) is 0. The number of alkyl halides is 3. The molecule has 0 fully saturated rings. The second kappa shape index (κ2) is 6.37. The average Bonchev–Trinajstić information content (AvgIpc) is 2.69. The third-order valence-corrected chi connectivity index (χ3v) is 3.26. The minimum Gasteiger partial charge on any atom is -0.364 e. The number of rotatable bonds is 6. The van der Waals surface area contributed by atoms with Gasteiger partial charge in [0, 0.05) is 16.3 Å². The predicted molar refractivity (Wildman–Crippen MR) is 62.0 cm³/mol. The summed E-state index contributed by atoms with van der Waals surface area (Å²) in [6, 6.07) is 3.71. The second-order valence-electron chi connectivity index (χ2n) is 3.64. The van der Waals surface area contributed by atoms with Gasteiger partial charge in [-0.05, 0) is 25.6 Å². The van der Waals surface area contributed by atoms with Crippen LogP contribution in [0.15, 0.2) is 12.1 Å². The molecule has 0 saturated carbocycles. The number of ether oxygens (including phenoxy) is 1. The topological polar surface area (TPSA) is 21.3 Å². The molecule has 0 aliphatic rings. The number of nitrogens with one attached hydrogen (secondary N) is 1. The van der Waals surface area contributed by atoms with Gasteiger partial charge in [-0.2, -0.15) is 13.2 Å². The minimum atomic E-state index is -4.29. The SMILES string of the molecule is CCNCc1ccc(COC(C)C(F)(F)F)s1. The first-order valence-electron chi connectivity index (χ1n) is 5.40.